The van der Waals surface area contributed by atoms with Gasteiger partial charge >= 0.3 is 0 Å². The molecule has 6 nitrogen and oxygen atoms in total. The van der Waals surface area contributed by atoms with Crippen LogP contribution in [0.2, 0.25) is 0 Å². The summed E-state index contributed by atoms with van der Waals surface area (Å²) in [6.07, 6.45) is 4.08. The number of likely N-dealkylation sites (tertiary alicyclic amines) is 1. The molecule has 2 amide bonds. The maximum atomic E-state index is 13.5. The lowest BCUT2D eigenvalue weighted by Gasteiger charge is -2.47. The van der Waals surface area contributed by atoms with E-state index in [1.54, 1.807) is 0 Å². The van der Waals surface area contributed by atoms with Crippen molar-refractivity contribution in [1.29, 1.82) is 0 Å². The van der Waals surface area contributed by atoms with Crippen LogP contribution in [0.4, 0.5) is 0 Å². The summed E-state index contributed by atoms with van der Waals surface area (Å²) in [6.45, 7) is 2.95. The van der Waals surface area contributed by atoms with Gasteiger partial charge in [0.15, 0.2) is 0 Å². The average molecular weight is 357 g/mol. The van der Waals surface area contributed by atoms with E-state index in [1.807, 2.05) is 35.2 Å². The minimum atomic E-state index is -1.45. The van der Waals surface area contributed by atoms with Crippen molar-refractivity contribution in [2.45, 2.75) is 49.9 Å². The van der Waals surface area contributed by atoms with Crippen molar-refractivity contribution in [1.82, 2.24) is 15.5 Å². The highest BCUT2D eigenvalue weighted by atomic mass is 16.5. The van der Waals surface area contributed by atoms with Crippen molar-refractivity contribution in [3.8, 4) is 0 Å². The zero-order valence-electron chi connectivity index (χ0n) is 15.1. The third-order valence-electron chi connectivity index (χ3n) is 5.74. The quantitative estimate of drug-likeness (QED) is 0.787. The number of morpholine rings is 1. The molecule has 3 fully saturated rings. The van der Waals surface area contributed by atoms with Gasteiger partial charge in [-0.3, -0.25) is 9.59 Å². The SMILES string of the molecule is O=C1NC2CNCCC2OC1(Cc1ccccc1)C(=O)N1CCCCC1. The van der Waals surface area contributed by atoms with Crippen molar-refractivity contribution in [2.24, 2.45) is 0 Å². The smallest absolute Gasteiger partial charge is 0.265 e. The summed E-state index contributed by atoms with van der Waals surface area (Å²) in [6, 6.07) is 9.65. The standard InChI is InChI=1S/C20H27N3O3/c24-18-20(13-15-7-3-1-4-8-15,19(25)23-11-5-2-6-12-23)26-17-9-10-21-14-16(17)22-18/h1,3-4,7-8,16-17,21H,2,5-6,9-14H2,(H,22,24). The Hall–Kier alpha value is -1.92. The number of hydrogen-bond donors (Lipinski definition) is 2. The number of hydrogen-bond acceptors (Lipinski definition) is 4. The van der Waals surface area contributed by atoms with Gasteiger partial charge in [-0.15, -0.1) is 0 Å². The Labute approximate surface area is 154 Å². The van der Waals surface area contributed by atoms with Crippen molar-refractivity contribution >= 4 is 11.8 Å². The van der Waals surface area contributed by atoms with Crippen LogP contribution < -0.4 is 10.6 Å². The molecule has 0 aromatic heterocycles. The molecule has 3 aliphatic heterocycles. The summed E-state index contributed by atoms with van der Waals surface area (Å²) in [7, 11) is 0. The first-order chi connectivity index (χ1) is 12.7. The largest absolute Gasteiger partial charge is 0.350 e. The molecular weight excluding hydrogens is 330 g/mol. The Bertz CT molecular complexity index is 660. The highest BCUT2D eigenvalue weighted by Crippen LogP contribution is 2.31. The number of fused-ring (bicyclic) bond motifs is 1. The van der Waals surface area contributed by atoms with E-state index in [2.05, 4.69) is 10.6 Å². The molecule has 1 aromatic rings. The van der Waals surface area contributed by atoms with Crippen LogP contribution in [0.25, 0.3) is 0 Å². The molecular formula is C20H27N3O3. The first-order valence-corrected chi connectivity index (χ1v) is 9.72. The lowest BCUT2D eigenvalue weighted by molar-refractivity contribution is -0.190. The van der Waals surface area contributed by atoms with Gasteiger partial charge in [-0.2, -0.15) is 0 Å². The number of nitrogens with one attached hydrogen (secondary N) is 2. The molecule has 0 aliphatic carbocycles. The minimum Gasteiger partial charge on any atom is -0.350 e. The van der Waals surface area contributed by atoms with E-state index in [4.69, 9.17) is 4.74 Å². The first-order valence-electron chi connectivity index (χ1n) is 9.72. The summed E-state index contributed by atoms with van der Waals surface area (Å²) in [5.41, 5.74) is -0.502. The molecule has 2 N–H and O–H groups in total. The number of ether oxygens (including phenoxy) is 1. The number of benzene rings is 1. The highest BCUT2D eigenvalue weighted by molar-refractivity contribution is 6.09. The van der Waals surface area contributed by atoms with Gasteiger partial charge in [0.1, 0.15) is 0 Å². The summed E-state index contributed by atoms with van der Waals surface area (Å²) in [5, 5.41) is 6.36. The van der Waals surface area contributed by atoms with E-state index in [-0.39, 0.29) is 30.4 Å². The maximum Gasteiger partial charge on any atom is 0.265 e. The van der Waals surface area contributed by atoms with Crippen LogP contribution in [-0.2, 0) is 20.7 Å². The molecule has 140 valence electrons. The molecule has 0 bridgehead atoms. The van der Waals surface area contributed by atoms with Gasteiger partial charge in [0.05, 0.1) is 12.1 Å². The van der Waals surface area contributed by atoms with Crippen LogP contribution in [0.15, 0.2) is 30.3 Å². The lowest BCUT2D eigenvalue weighted by Crippen LogP contribution is -2.72. The third kappa shape index (κ3) is 3.23. The molecule has 0 radical (unpaired) electrons. The van der Waals surface area contributed by atoms with Crippen LogP contribution >= 0.6 is 0 Å². The normalized spacial score (nSPS) is 31.8. The molecule has 0 spiro atoms. The maximum absolute atomic E-state index is 13.5. The zero-order chi connectivity index (χ0) is 18.0. The van der Waals surface area contributed by atoms with Gasteiger partial charge in [-0.05, 0) is 37.8 Å². The van der Waals surface area contributed by atoms with Crippen molar-refractivity contribution in [2.75, 3.05) is 26.2 Å². The Morgan fingerprint density at radius 2 is 1.96 bits per heavy atom. The number of carbonyl (C=O) groups excluding carboxylic acids is 2. The molecule has 3 heterocycles. The summed E-state index contributed by atoms with van der Waals surface area (Å²) < 4.78 is 6.37. The molecule has 3 unspecified atom stereocenters. The van der Waals surface area contributed by atoms with Crippen LogP contribution in [0, 0.1) is 0 Å². The van der Waals surface area contributed by atoms with Crippen LogP contribution in [-0.4, -0.2) is 60.6 Å². The Morgan fingerprint density at radius 3 is 2.73 bits per heavy atom. The molecule has 3 aliphatic rings. The fraction of sp³-hybridized carbons (Fsp3) is 0.600. The van der Waals surface area contributed by atoms with E-state index < -0.39 is 5.60 Å². The first kappa shape index (κ1) is 17.5. The number of amides is 2. The molecule has 3 atom stereocenters. The highest BCUT2D eigenvalue weighted by Gasteiger charge is 2.55. The Balaban J connectivity index is 1.66. The van der Waals surface area contributed by atoms with Crippen LogP contribution in [0.5, 0.6) is 0 Å². The second-order valence-electron chi connectivity index (χ2n) is 7.57. The van der Waals surface area contributed by atoms with Gasteiger partial charge in [0.2, 0.25) is 5.60 Å². The monoisotopic (exact) mass is 357 g/mol. The Morgan fingerprint density at radius 1 is 1.19 bits per heavy atom. The number of nitrogens with zero attached hydrogens (tertiary/aromatic N) is 1. The molecule has 26 heavy (non-hydrogen) atoms. The van der Waals surface area contributed by atoms with Gasteiger partial charge in [-0.1, -0.05) is 30.3 Å². The van der Waals surface area contributed by atoms with Crippen LogP contribution in [0.1, 0.15) is 31.2 Å². The zero-order valence-corrected chi connectivity index (χ0v) is 15.1. The Kier molecular flexibility index (Phi) is 4.96. The second-order valence-corrected chi connectivity index (χ2v) is 7.57. The predicted molar refractivity (Wildman–Crippen MR) is 97.6 cm³/mol. The van der Waals surface area contributed by atoms with E-state index in [9.17, 15) is 9.59 Å². The second kappa shape index (κ2) is 7.37. The van der Waals surface area contributed by atoms with Crippen LogP contribution in [0.3, 0.4) is 0 Å². The topological polar surface area (TPSA) is 70.7 Å². The fourth-order valence-corrected chi connectivity index (χ4v) is 4.30. The number of piperidine rings is 2. The number of rotatable bonds is 3. The van der Waals surface area contributed by atoms with E-state index >= 15 is 0 Å². The molecule has 6 heteroatoms. The van der Waals surface area contributed by atoms with Crippen molar-refractivity contribution < 1.29 is 14.3 Å². The van der Waals surface area contributed by atoms with Gasteiger partial charge < -0.3 is 20.3 Å². The third-order valence-corrected chi connectivity index (χ3v) is 5.74. The number of carbonyl (C=O) groups is 2. The molecule has 4 rings (SSSR count). The fourth-order valence-electron chi connectivity index (χ4n) is 4.30. The lowest BCUT2D eigenvalue weighted by atomic mass is 9.86. The van der Waals surface area contributed by atoms with Gasteiger partial charge in [0, 0.05) is 26.1 Å². The summed E-state index contributed by atoms with van der Waals surface area (Å²) in [4.78, 5) is 28.5. The molecule has 3 saturated heterocycles. The van der Waals surface area contributed by atoms with E-state index in [0.717, 1.165) is 37.8 Å². The van der Waals surface area contributed by atoms with Gasteiger partial charge in [0.25, 0.3) is 11.8 Å². The summed E-state index contributed by atoms with van der Waals surface area (Å²) in [5.74, 6) is -0.461. The van der Waals surface area contributed by atoms with Gasteiger partial charge in [-0.25, -0.2) is 0 Å². The van der Waals surface area contributed by atoms with Crippen molar-refractivity contribution in [3.05, 3.63) is 35.9 Å². The van der Waals surface area contributed by atoms with E-state index in [0.29, 0.717) is 19.6 Å². The minimum absolute atomic E-state index is 0.0608. The molecule has 0 saturated carbocycles. The van der Waals surface area contributed by atoms with E-state index in [1.165, 1.54) is 0 Å². The summed E-state index contributed by atoms with van der Waals surface area (Å²) >= 11 is 0. The predicted octanol–water partition coefficient (Wildman–Crippen LogP) is 0.857. The average Bonchev–Trinajstić information content (AvgIpc) is 2.69. The van der Waals surface area contributed by atoms with Crippen molar-refractivity contribution in [3.63, 3.8) is 0 Å². The molecule has 1 aromatic carbocycles.